The minimum Gasteiger partial charge on any atom is -0.466 e. The maximum Gasteiger partial charge on any atom is 0.336 e. The van der Waals surface area contributed by atoms with Gasteiger partial charge in [-0.25, -0.2) is 9.18 Å². The van der Waals surface area contributed by atoms with Crippen molar-refractivity contribution >= 4 is 11.8 Å². The fourth-order valence-electron chi connectivity index (χ4n) is 3.81. The first-order valence-electron chi connectivity index (χ1n) is 8.91. The number of benzene rings is 1. The topological polar surface area (TPSA) is 55.4 Å². The Balaban J connectivity index is 2.24. The van der Waals surface area contributed by atoms with Gasteiger partial charge in [0.25, 0.3) is 0 Å². The number of halogens is 1. The number of ketones is 1. The average molecular weight is 357 g/mol. The number of Topliss-reactive ketones (excluding diaryl/α,β-unsaturated/α-hetero) is 1. The summed E-state index contributed by atoms with van der Waals surface area (Å²) < 4.78 is 18.5. The number of methoxy groups -OCH3 is 1. The molecule has 5 heteroatoms. The molecule has 4 nitrogen and oxygen atoms in total. The lowest BCUT2D eigenvalue weighted by Gasteiger charge is -2.39. The van der Waals surface area contributed by atoms with E-state index in [9.17, 15) is 14.0 Å². The maximum absolute atomic E-state index is 13.5. The third kappa shape index (κ3) is 2.96. The van der Waals surface area contributed by atoms with Gasteiger partial charge < -0.3 is 10.1 Å². The molecule has 1 atom stereocenters. The molecule has 0 saturated carbocycles. The molecule has 0 radical (unpaired) electrons. The van der Waals surface area contributed by atoms with Crippen LogP contribution in [0, 0.1) is 11.2 Å². The van der Waals surface area contributed by atoms with Crippen LogP contribution in [-0.2, 0) is 14.3 Å². The molecular formula is C21H24FNO3. The Bertz CT molecular complexity index is 818. The van der Waals surface area contributed by atoms with Gasteiger partial charge in [0.05, 0.1) is 12.7 Å². The lowest BCUT2D eigenvalue weighted by Crippen LogP contribution is -2.40. The summed E-state index contributed by atoms with van der Waals surface area (Å²) in [6.45, 7) is 5.81. The summed E-state index contributed by atoms with van der Waals surface area (Å²) in [5, 5.41) is 3.31. The predicted octanol–water partition coefficient (Wildman–Crippen LogP) is 3.99. The zero-order valence-electron chi connectivity index (χ0n) is 15.6. The molecule has 1 aromatic rings. The highest BCUT2D eigenvalue weighted by molar-refractivity contribution is 6.06. The van der Waals surface area contributed by atoms with Crippen LogP contribution in [0.1, 0.15) is 51.5 Å². The van der Waals surface area contributed by atoms with Crippen molar-refractivity contribution in [3.63, 3.8) is 0 Å². The minimum absolute atomic E-state index is 0.0251. The second-order valence-electron chi connectivity index (χ2n) is 7.45. The fraction of sp³-hybridized carbons (Fsp3) is 0.429. The second kappa shape index (κ2) is 6.71. The van der Waals surface area contributed by atoms with Gasteiger partial charge in [0.15, 0.2) is 5.78 Å². The number of carbonyl (C=O) groups excluding carboxylic acids is 2. The standard InChI is InChI=1S/C21H24FNO3/c1-5-14-18(20(25)26-4)16(12-6-8-13(22)9-7-12)17-15(23-14)10-11-21(2,3)19(17)24/h6-9,16,23H,5,10-11H2,1-4H3. The summed E-state index contributed by atoms with van der Waals surface area (Å²) in [7, 11) is 1.33. The first kappa shape index (κ1) is 18.4. The number of nitrogens with one attached hydrogen (secondary N) is 1. The number of hydrogen-bond donors (Lipinski definition) is 1. The SMILES string of the molecule is CCC1=C(C(=O)OC)C(c2ccc(F)cc2)C2=C(CCC(C)(C)C2=O)N1. The third-order valence-corrected chi connectivity index (χ3v) is 5.35. The van der Waals surface area contributed by atoms with Crippen LogP contribution in [0.4, 0.5) is 4.39 Å². The molecule has 0 bridgehead atoms. The molecule has 0 spiro atoms. The summed E-state index contributed by atoms with van der Waals surface area (Å²) >= 11 is 0. The fourth-order valence-corrected chi connectivity index (χ4v) is 3.81. The van der Waals surface area contributed by atoms with Crippen LogP contribution in [0.15, 0.2) is 46.8 Å². The largest absolute Gasteiger partial charge is 0.466 e. The van der Waals surface area contributed by atoms with E-state index in [0.717, 1.165) is 29.8 Å². The van der Waals surface area contributed by atoms with Gasteiger partial charge in [0.1, 0.15) is 5.82 Å². The molecule has 0 saturated heterocycles. The van der Waals surface area contributed by atoms with Crippen molar-refractivity contribution in [3.05, 3.63) is 58.2 Å². The molecule has 1 aromatic carbocycles. The number of dihydropyridines is 1. The van der Waals surface area contributed by atoms with Crippen molar-refractivity contribution in [2.45, 2.75) is 46.0 Å². The van der Waals surface area contributed by atoms with Crippen LogP contribution in [0.2, 0.25) is 0 Å². The normalized spacial score (nSPS) is 22.0. The molecular weight excluding hydrogens is 333 g/mol. The summed E-state index contributed by atoms with van der Waals surface area (Å²) in [4.78, 5) is 25.8. The number of carbonyl (C=O) groups is 2. The zero-order chi connectivity index (χ0) is 19.1. The van der Waals surface area contributed by atoms with Crippen molar-refractivity contribution in [3.8, 4) is 0 Å². The van der Waals surface area contributed by atoms with Crippen LogP contribution in [0.5, 0.6) is 0 Å². The van der Waals surface area contributed by atoms with Gasteiger partial charge in [-0.2, -0.15) is 0 Å². The molecule has 1 N–H and O–H groups in total. The Hall–Kier alpha value is -2.43. The van der Waals surface area contributed by atoms with E-state index in [2.05, 4.69) is 5.32 Å². The van der Waals surface area contributed by atoms with Gasteiger partial charge >= 0.3 is 5.97 Å². The molecule has 1 heterocycles. The van der Waals surface area contributed by atoms with E-state index < -0.39 is 17.3 Å². The van der Waals surface area contributed by atoms with Crippen LogP contribution in [0.3, 0.4) is 0 Å². The highest BCUT2D eigenvalue weighted by Crippen LogP contribution is 2.47. The molecule has 0 aromatic heterocycles. The molecule has 3 rings (SSSR count). The third-order valence-electron chi connectivity index (χ3n) is 5.35. The highest BCUT2D eigenvalue weighted by atomic mass is 19.1. The molecule has 1 aliphatic heterocycles. The van der Waals surface area contributed by atoms with Crippen LogP contribution in [-0.4, -0.2) is 18.9 Å². The summed E-state index contributed by atoms with van der Waals surface area (Å²) in [5.41, 5.74) is 2.89. The van der Waals surface area contributed by atoms with E-state index in [1.807, 2.05) is 20.8 Å². The Morgan fingerprint density at radius 3 is 2.54 bits per heavy atom. The lowest BCUT2D eigenvalue weighted by molar-refractivity contribution is -0.136. The van der Waals surface area contributed by atoms with E-state index in [4.69, 9.17) is 4.74 Å². The van der Waals surface area contributed by atoms with Crippen molar-refractivity contribution in [1.29, 1.82) is 0 Å². The molecule has 1 unspecified atom stereocenters. The summed E-state index contributed by atoms with van der Waals surface area (Å²) in [6.07, 6.45) is 2.10. The minimum atomic E-state index is -0.540. The predicted molar refractivity (Wildman–Crippen MR) is 96.7 cm³/mol. The Morgan fingerprint density at radius 1 is 1.31 bits per heavy atom. The van der Waals surface area contributed by atoms with Crippen molar-refractivity contribution in [2.24, 2.45) is 5.41 Å². The van der Waals surface area contributed by atoms with E-state index in [0.29, 0.717) is 17.6 Å². The number of esters is 1. The molecule has 2 aliphatic rings. The van der Waals surface area contributed by atoms with Gasteiger partial charge in [0, 0.05) is 28.3 Å². The number of hydrogen-bond acceptors (Lipinski definition) is 4. The number of rotatable bonds is 3. The summed E-state index contributed by atoms with van der Waals surface area (Å²) in [6, 6.07) is 6.00. The smallest absolute Gasteiger partial charge is 0.336 e. The molecule has 26 heavy (non-hydrogen) atoms. The first-order chi connectivity index (χ1) is 12.3. The molecule has 1 aliphatic carbocycles. The van der Waals surface area contributed by atoms with Crippen molar-refractivity contribution in [2.75, 3.05) is 7.11 Å². The average Bonchev–Trinajstić information content (AvgIpc) is 2.63. The zero-order valence-corrected chi connectivity index (χ0v) is 15.6. The van der Waals surface area contributed by atoms with Crippen LogP contribution < -0.4 is 5.32 Å². The Morgan fingerprint density at radius 2 is 1.96 bits per heavy atom. The highest BCUT2D eigenvalue weighted by Gasteiger charge is 2.45. The van der Waals surface area contributed by atoms with Gasteiger partial charge in [-0.05, 0) is 37.0 Å². The van der Waals surface area contributed by atoms with Gasteiger partial charge in [-0.3, -0.25) is 4.79 Å². The number of ether oxygens (including phenoxy) is 1. The molecule has 138 valence electrons. The van der Waals surface area contributed by atoms with Crippen LogP contribution >= 0.6 is 0 Å². The van der Waals surface area contributed by atoms with E-state index in [1.54, 1.807) is 12.1 Å². The van der Waals surface area contributed by atoms with E-state index >= 15 is 0 Å². The molecule has 0 amide bonds. The van der Waals surface area contributed by atoms with Gasteiger partial charge in [-0.15, -0.1) is 0 Å². The Labute approximate surface area is 153 Å². The first-order valence-corrected chi connectivity index (χ1v) is 8.91. The van der Waals surface area contributed by atoms with Crippen molar-refractivity contribution < 1.29 is 18.7 Å². The van der Waals surface area contributed by atoms with E-state index in [-0.39, 0.29) is 11.6 Å². The van der Waals surface area contributed by atoms with Crippen molar-refractivity contribution in [1.82, 2.24) is 5.32 Å². The monoisotopic (exact) mass is 357 g/mol. The lowest BCUT2D eigenvalue weighted by atomic mass is 9.67. The van der Waals surface area contributed by atoms with Crippen LogP contribution in [0.25, 0.3) is 0 Å². The van der Waals surface area contributed by atoms with Gasteiger partial charge in [-0.1, -0.05) is 32.9 Å². The summed E-state index contributed by atoms with van der Waals surface area (Å²) in [5.74, 6) is -1.34. The quantitative estimate of drug-likeness (QED) is 0.831. The maximum atomic E-state index is 13.5. The number of allylic oxidation sites excluding steroid dienone is 3. The molecule has 0 fully saturated rings. The second-order valence-corrected chi connectivity index (χ2v) is 7.45. The van der Waals surface area contributed by atoms with E-state index in [1.165, 1.54) is 19.2 Å². The van der Waals surface area contributed by atoms with Gasteiger partial charge in [0.2, 0.25) is 0 Å². The Kier molecular flexibility index (Phi) is 4.74.